The molecule has 4 aromatic rings. The third kappa shape index (κ3) is 7.11. The molecular weight excluding hydrogens is 503 g/mol. The Morgan fingerprint density at radius 1 is 0.949 bits per heavy atom. The van der Waals surface area contributed by atoms with Crippen molar-refractivity contribution in [3.63, 3.8) is 0 Å². The van der Waals surface area contributed by atoms with Crippen LogP contribution in [0.1, 0.15) is 44.4 Å². The van der Waals surface area contributed by atoms with Gasteiger partial charge in [-0.25, -0.2) is 14.6 Å². The van der Waals surface area contributed by atoms with Crippen molar-refractivity contribution >= 4 is 17.7 Å². The molecule has 0 bridgehead atoms. The van der Waals surface area contributed by atoms with E-state index in [-0.39, 0.29) is 24.8 Å². The highest BCUT2D eigenvalue weighted by Crippen LogP contribution is 2.24. The maximum absolute atomic E-state index is 13.1. The van der Waals surface area contributed by atoms with Crippen LogP contribution in [0.5, 0.6) is 0 Å². The van der Waals surface area contributed by atoms with Crippen LogP contribution >= 0.6 is 0 Å². The summed E-state index contributed by atoms with van der Waals surface area (Å²) in [5.74, 6) is -1.57. The molecule has 0 fully saturated rings. The van der Waals surface area contributed by atoms with Gasteiger partial charge in [-0.05, 0) is 59.5 Å². The fraction of sp³-hybridized carbons (Fsp3) is 0.179. The Kier molecular flexibility index (Phi) is 8.75. The van der Waals surface area contributed by atoms with E-state index in [0.717, 1.165) is 16.7 Å². The second-order valence-corrected chi connectivity index (χ2v) is 8.83. The van der Waals surface area contributed by atoms with Crippen LogP contribution in [0.3, 0.4) is 0 Å². The Bertz CT molecular complexity index is 1450. The van der Waals surface area contributed by atoms with Crippen LogP contribution in [0, 0.1) is 5.82 Å². The molecular formula is C28H27FN6O4. The molecule has 0 unspecified atom stereocenters. The van der Waals surface area contributed by atoms with Crippen molar-refractivity contribution < 1.29 is 24.0 Å². The minimum Gasteiger partial charge on any atom is -0.355 e. The van der Waals surface area contributed by atoms with Crippen LogP contribution in [0.4, 0.5) is 4.39 Å². The molecule has 1 aromatic heterocycles. The van der Waals surface area contributed by atoms with Gasteiger partial charge in [-0.2, -0.15) is 0 Å². The Hall–Kier alpha value is -4.90. The Morgan fingerprint density at radius 2 is 1.69 bits per heavy atom. The minimum absolute atomic E-state index is 0.0584. The quantitative estimate of drug-likeness (QED) is 0.184. The first-order valence-electron chi connectivity index (χ1n) is 12.1. The van der Waals surface area contributed by atoms with Crippen molar-refractivity contribution in [2.75, 3.05) is 7.05 Å². The monoisotopic (exact) mass is 530 g/mol. The standard InChI is InChI=1S/C28H27FN6O4/c1-30-27(37)22-4-2-3-21(14-22)19-7-5-18(6-8-19)13-25(15-26(36)33-39)35-17-24(32-34-35)16-31-28(38)20-9-11-23(29)12-10-20/h2-12,14,17,25,39H,13,15-16H2,1H3,(H,30,37)(H,31,38)(H,33,36)/t25-/m1/s1. The van der Waals surface area contributed by atoms with Crippen molar-refractivity contribution in [1.29, 1.82) is 0 Å². The number of hydrogen-bond acceptors (Lipinski definition) is 6. The van der Waals surface area contributed by atoms with E-state index >= 15 is 0 Å². The molecule has 0 saturated carbocycles. The topological polar surface area (TPSA) is 138 Å². The molecule has 4 rings (SSSR count). The molecule has 0 spiro atoms. The Morgan fingerprint density at radius 3 is 2.38 bits per heavy atom. The third-order valence-electron chi connectivity index (χ3n) is 6.12. The number of rotatable bonds is 10. The lowest BCUT2D eigenvalue weighted by atomic mass is 9.98. The van der Waals surface area contributed by atoms with Crippen molar-refractivity contribution in [3.05, 3.63) is 107 Å². The molecule has 0 saturated heterocycles. The number of amides is 3. The molecule has 1 heterocycles. The number of hydrogen-bond donors (Lipinski definition) is 4. The van der Waals surface area contributed by atoms with Gasteiger partial charge in [0.25, 0.3) is 11.8 Å². The average Bonchev–Trinajstić information content (AvgIpc) is 3.45. The molecule has 39 heavy (non-hydrogen) atoms. The summed E-state index contributed by atoms with van der Waals surface area (Å²) < 4.78 is 14.6. The van der Waals surface area contributed by atoms with Gasteiger partial charge in [-0.1, -0.05) is 41.6 Å². The van der Waals surface area contributed by atoms with Crippen LogP contribution in [0.15, 0.2) is 79.0 Å². The van der Waals surface area contributed by atoms with Crippen LogP contribution in [-0.2, 0) is 17.8 Å². The lowest BCUT2D eigenvalue weighted by molar-refractivity contribution is -0.130. The first kappa shape index (κ1) is 27.1. The zero-order chi connectivity index (χ0) is 27.8. The number of benzene rings is 3. The summed E-state index contributed by atoms with van der Waals surface area (Å²) in [6.07, 6.45) is 1.98. The summed E-state index contributed by atoms with van der Waals surface area (Å²) in [6.45, 7) is 0.0823. The molecule has 4 N–H and O–H groups in total. The molecule has 0 radical (unpaired) electrons. The molecule has 3 aromatic carbocycles. The molecule has 0 aliphatic heterocycles. The number of hydroxylamine groups is 1. The molecule has 10 nitrogen and oxygen atoms in total. The van der Waals surface area contributed by atoms with Gasteiger partial charge in [0.1, 0.15) is 11.5 Å². The van der Waals surface area contributed by atoms with E-state index in [0.29, 0.717) is 23.2 Å². The van der Waals surface area contributed by atoms with Crippen molar-refractivity contribution in [2.45, 2.75) is 25.4 Å². The van der Waals surface area contributed by atoms with Gasteiger partial charge in [0.15, 0.2) is 0 Å². The van der Waals surface area contributed by atoms with E-state index in [4.69, 9.17) is 5.21 Å². The minimum atomic E-state index is -0.579. The van der Waals surface area contributed by atoms with Gasteiger partial charge in [-0.3, -0.25) is 19.6 Å². The predicted octanol–water partition coefficient (Wildman–Crippen LogP) is 3.05. The molecule has 0 aliphatic carbocycles. The first-order chi connectivity index (χ1) is 18.9. The zero-order valence-electron chi connectivity index (χ0n) is 21.1. The summed E-state index contributed by atoms with van der Waals surface area (Å²) in [5, 5.41) is 22.6. The number of nitrogens with one attached hydrogen (secondary N) is 3. The second-order valence-electron chi connectivity index (χ2n) is 8.83. The lowest BCUT2D eigenvalue weighted by Gasteiger charge is -2.16. The highest BCUT2D eigenvalue weighted by atomic mass is 19.1. The van der Waals surface area contributed by atoms with Gasteiger partial charge in [-0.15, -0.1) is 5.10 Å². The van der Waals surface area contributed by atoms with Crippen molar-refractivity contribution in [2.24, 2.45) is 0 Å². The smallest absolute Gasteiger partial charge is 0.251 e. The number of carbonyl (C=O) groups is 3. The first-order valence-corrected chi connectivity index (χ1v) is 12.1. The molecule has 200 valence electrons. The Labute approximate surface area is 223 Å². The van der Waals surface area contributed by atoms with Gasteiger partial charge >= 0.3 is 0 Å². The van der Waals surface area contributed by atoms with Crippen LogP contribution in [0.25, 0.3) is 11.1 Å². The maximum atomic E-state index is 13.1. The van der Waals surface area contributed by atoms with E-state index in [1.807, 2.05) is 42.5 Å². The average molecular weight is 531 g/mol. The third-order valence-corrected chi connectivity index (χ3v) is 6.12. The van der Waals surface area contributed by atoms with Gasteiger partial charge in [0.05, 0.1) is 25.2 Å². The number of nitrogens with zero attached hydrogens (tertiary/aromatic N) is 3. The highest BCUT2D eigenvalue weighted by molar-refractivity contribution is 5.95. The number of carbonyl (C=O) groups excluding carboxylic acids is 3. The summed E-state index contributed by atoms with van der Waals surface area (Å²) >= 11 is 0. The molecule has 11 heteroatoms. The van der Waals surface area contributed by atoms with E-state index in [2.05, 4.69) is 20.9 Å². The van der Waals surface area contributed by atoms with E-state index < -0.39 is 17.8 Å². The predicted molar refractivity (Wildman–Crippen MR) is 140 cm³/mol. The number of aromatic nitrogens is 3. The molecule has 3 amide bonds. The summed E-state index contributed by atoms with van der Waals surface area (Å²) in [4.78, 5) is 36.3. The van der Waals surface area contributed by atoms with E-state index in [9.17, 15) is 18.8 Å². The maximum Gasteiger partial charge on any atom is 0.251 e. The van der Waals surface area contributed by atoms with E-state index in [1.54, 1.807) is 24.8 Å². The normalized spacial score (nSPS) is 11.5. The SMILES string of the molecule is CNC(=O)c1cccc(-c2ccc(C[C@H](CC(=O)NO)n3cc(CNC(=O)c4ccc(F)cc4)nn3)cc2)c1. The largest absolute Gasteiger partial charge is 0.355 e. The second kappa shape index (κ2) is 12.6. The van der Waals surface area contributed by atoms with Gasteiger partial charge in [0, 0.05) is 18.2 Å². The summed E-state index contributed by atoms with van der Waals surface area (Å²) in [7, 11) is 1.58. The summed E-state index contributed by atoms with van der Waals surface area (Å²) in [5.41, 5.74) is 5.72. The van der Waals surface area contributed by atoms with Crippen molar-refractivity contribution in [3.8, 4) is 11.1 Å². The fourth-order valence-electron chi connectivity index (χ4n) is 4.06. The zero-order valence-corrected chi connectivity index (χ0v) is 21.1. The highest BCUT2D eigenvalue weighted by Gasteiger charge is 2.19. The number of halogens is 1. The molecule has 1 atom stereocenters. The van der Waals surface area contributed by atoms with Crippen LogP contribution in [-0.4, -0.2) is 45.0 Å². The van der Waals surface area contributed by atoms with Gasteiger partial charge in [0.2, 0.25) is 5.91 Å². The van der Waals surface area contributed by atoms with Gasteiger partial charge < -0.3 is 10.6 Å². The molecule has 0 aliphatic rings. The lowest BCUT2D eigenvalue weighted by Crippen LogP contribution is -2.25. The fourth-order valence-corrected chi connectivity index (χ4v) is 4.06. The van der Waals surface area contributed by atoms with Crippen molar-refractivity contribution in [1.82, 2.24) is 31.1 Å². The van der Waals surface area contributed by atoms with Crippen LogP contribution in [0.2, 0.25) is 0 Å². The Balaban J connectivity index is 1.45. The van der Waals surface area contributed by atoms with Crippen LogP contribution < -0.4 is 16.1 Å². The van der Waals surface area contributed by atoms with E-state index in [1.165, 1.54) is 28.9 Å². The summed E-state index contributed by atoms with van der Waals surface area (Å²) in [6, 6.07) is 19.7.